The van der Waals surface area contributed by atoms with Crippen LogP contribution in [0.25, 0.3) is 0 Å². The van der Waals surface area contributed by atoms with E-state index in [1.54, 1.807) is 0 Å². The summed E-state index contributed by atoms with van der Waals surface area (Å²) in [4.78, 5) is 12.4. The van der Waals surface area contributed by atoms with Crippen LogP contribution in [-0.2, 0) is 33.2 Å². The van der Waals surface area contributed by atoms with Crippen LogP contribution in [0, 0.1) is 50.2 Å². The van der Waals surface area contributed by atoms with Gasteiger partial charge in [-0.2, -0.15) is 0 Å². The fourth-order valence-electron chi connectivity index (χ4n) is 14.9. The Labute approximate surface area is 380 Å². The Morgan fingerprint density at radius 2 is 1.37 bits per heavy atom. The highest BCUT2D eigenvalue weighted by Crippen LogP contribution is 2.76. The smallest absolute Gasteiger partial charge is 0.335 e. The third-order valence-electron chi connectivity index (χ3n) is 19.1. The molecule has 3 heterocycles. The lowest BCUT2D eigenvalue weighted by molar-refractivity contribution is -0.388. The van der Waals surface area contributed by atoms with E-state index < -0.39 is 117 Å². The maximum absolute atomic E-state index is 12.4. The maximum atomic E-state index is 12.4. The van der Waals surface area contributed by atoms with Gasteiger partial charge in [0.05, 0.1) is 32.0 Å². The van der Waals surface area contributed by atoms with Gasteiger partial charge >= 0.3 is 5.97 Å². The standard InChI is InChI=1S/C47H76O18/c1-42(2)16-22-21-8-9-26-44(4)12-11-28(45(5,20-49)25(44)10-13-47(26,7)46(21,6)15-14-43(22,3)27(51)17-42)62-41-37(33(56)32(55)35(63-41)38(58)59)65-40-36(29(52)23(50)19-60-40)64-39-34(57)31(54)30(53)24(18-48)61-39/h8,22-37,39-41,48-57H,9-20H2,1-7H3,(H,58,59)/t22?,23?,24?,25?,26?,27?,28?,29?,30?,31?,32-,33?,34?,35?,36?,37?,39?,40?,41?,43?,44?,45?,46+,47?/m1/s1. The van der Waals surface area contributed by atoms with Crippen molar-refractivity contribution in [1.29, 1.82) is 0 Å². The summed E-state index contributed by atoms with van der Waals surface area (Å²) in [5.74, 6) is -1.11. The molecule has 0 spiro atoms. The van der Waals surface area contributed by atoms with Gasteiger partial charge in [0, 0.05) is 10.8 Å². The van der Waals surface area contributed by atoms with Gasteiger partial charge in [0.1, 0.15) is 61.0 Å². The van der Waals surface area contributed by atoms with Crippen LogP contribution < -0.4 is 0 Å². The number of aliphatic hydroxyl groups is 10. The number of allylic oxidation sites excluding steroid dienone is 2. The molecule has 7 fully saturated rings. The Bertz CT molecular complexity index is 1780. The Balaban J connectivity index is 1.06. The van der Waals surface area contributed by atoms with E-state index in [1.807, 2.05) is 6.92 Å². The zero-order valence-corrected chi connectivity index (χ0v) is 38.8. The molecule has 0 amide bonds. The minimum atomic E-state index is -2.04. The van der Waals surface area contributed by atoms with E-state index in [2.05, 4.69) is 47.6 Å². The van der Waals surface area contributed by atoms with Crippen molar-refractivity contribution in [2.75, 3.05) is 19.8 Å². The van der Waals surface area contributed by atoms with E-state index in [1.165, 1.54) is 5.57 Å². The monoisotopic (exact) mass is 929 g/mol. The second-order valence-electron chi connectivity index (χ2n) is 23.2. The number of carboxylic acids is 1. The van der Waals surface area contributed by atoms with Gasteiger partial charge in [0.15, 0.2) is 25.0 Å². The topological polar surface area (TPSA) is 295 Å². The number of fused-ring (bicyclic) bond motifs is 7. The minimum Gasteiger partial charge on any atom is -0.479 e. The molecule has 4 saturated carbocycles. The average molecular weight is 929 g/mol. The van der Waals surface area contributed by atoms with E-state index in [0.717, 1.165) is 44.9 Å². The first-order valence-corrected chi connectivity index (χ1v) is 23.8. The summed E-state index contributed by atoms with van der Waals surface area (Å²) in [7, 11) is 0. The van der Waals surface area contributed by atoms with Gasteiger partial charge in [-0.1, -0.05) is 60.1 Å². The first kappa shape index (κ1) is 50.0. The van der Waals surface area contributed by atoms with Crippen molar-refractivity contribution in [2.45, 2.75) is 204 Å². The molecule has 5 aliphatic carbocycles. The first-order valence-electron chi connectivity index (χ1n) is 23.8. The third-order valence-corrected chi connectivity index (χ3v) is 19.1. The van der Waals surface area contributed by atoms with Crippen LogP contribution in [-0.4, -0.2) is 180 Å². The highest BCUT2D eigenvalue weighted by Gasteiger charge is 2.70. The van der Waals surface area contributed by atoms with Gasteiger partial charge in [-0.05, 0) is 97.2 Å². The highest BCUT2D eigenvalue weighted by molar-refractivity contribution is 5.73. The zero-order valence-electron chi connectivity index (χ0n) is 38.8. The van der Waals surface area contributed by atoms with E-state index in [-0.39, 0.29) is 57.5 Å². The fraction of sp³-hybridized carbons (Fsp3) is 0.936. The molecule has 18 nitrogen and oxygen atoms in total. The summed E-state index contributed by atoms with van der Waals surface area (Å²) in [5.41, 5.74) is 0.00468. The van der Waals surface area contributed by atoms with Crippen molar-refractivity contribution >= 4 is 5.97 Å². The Hall–Kier alpha value is -1.43. The molecular weight excluding hydrogens is 852 g/mol. The summed E-state index contributed by atoms with van der Waals surface area (Å²) < 4.78 is 35.8. The molecule has 8 rings (SSSR count). The number of aliphatic hydroxyl groups excluding tert-OH is 10. The summed E-state index contributed by atoms with van der Waals surface area (Å²) in [6, 6.07) is 0. The summed E-state index contributed by atoms with van der Waals surface area (Å²) >= 11 is 0. The van der Waals surface area contributed by atoms with Crippen molar-refractivity contribution < 1.29 is 89.4 Å². The van der Waals surface area contributed by atoms with E-state index in [4.69, 9.17) is 28.4 Å². The van der Waals surface area contributed by atoms with Crippen molar-refractivity contribution in [3.05, 3.63) is 11.6 Å². The number of ether oxygens (including phenoxy) is 6. The normalized spacial score (nSPS) is 55.5. The molecule has 372 valence electrons. The van der Waals surface area contributed by atoms with Crippen LogP contribution in [0.15, 0.2) is 11.6 Å². The van der Waals surface area contributed by atoms with Crippen LogP contribution in [0.1, 0.15) is 106 Å². The minimum absolute atomic E-state index is 0.0207. The molecule has 3 aliphatic heterocycles. The largest absolute Gasteiger partial charge is 0.479 e. The van der Waals surface area contributed by atoms with Gasteiger partial charge in [-0.15, -0.1) is 0 Å². The van der Waals surface area contributed by atoms with E-state index in [9.17, 15) is 61.0 Å². The molecule has 0 bridgehead atoms. The Morgan fingerprint density at radius 1 is 0.692 bits per heavy atom. The summed E-state index contributed by atoms with van der Waals surface area (Å²) in [6.45, 7) is 14.5. The number of carbonyl (C=O) groups is 1. The highest BCUT2D eigenvalue weighted by atomic mass is 16.8. The lowest BCUT2D eigenvalue weighted by Crippen LogP contribution is -2.68. The van der Waals surface area contributed by atoms with Crippen molar-refractivity contribution in [1.82, 2.24) is 0 Å². The van der Waals surface area contributed by atoms with Crippen LogP contribution in [0.2, 0.25) is 0 Å². The molecule has 18 heteroatoms. The lowest BCUT2D eigenvalue weighted by Gasteiger charge is -2.72. The number of rotatable bonds is 9. The number of hydrogen-bond donors (Lipinski definition) is 11. The molecule has 65 heavy (non-hydrogen) atoms. The summed E-state index contributed by atoms with van der Waals surface area (Å²) in [5, 5.41) is 119. The van der Waals surface area contributed by atoms with Crippen molar-refractivity contribution in [2.24, 2.45) is 50.2 Å². The second-order valence-corrected chi connectivity index (χ2v) is 23.2. The first-order chi connectivity index (χ1) is 30.3. The second kappa shape index (κ2) is 17.5. The molecular formula is C47H76O18. The quantitative estimate of drug-likeness (QED) is 0.110. The molecule has 0 aromatic heterocycles. The lowest BCUT2D eigenvalue weighted by atomic mass is 9.33. The predicted molar refractivity (Wildman–Crippen MR) is 226 cm³/mol. The van der Waals surface area contributed by atoms with Crippen LogP contribution in [0.5, 0.6) is 0 Å². The van der Waals surface area contributed by atoms with Crippen LogP contribution in [0.4, 0.5) is 0 Å². The zero-order chi connectivity index (χ0) is 47.6. The predicted octanol–water partition coefficient (Wildman–Crippen LogP) is 0.316. The van der Waals surface area contributed by atoms with Crippen LogP contribution in [0.3, 0.4) is 0 Å². The number of hydrogen-bond acceptors (Lipinski definition) is 17. The van der Waals surface area contributed by atoms with Gasteiger partial charge in [0.25, 0.3) is 0 Å². The third kappa shape index (κ3) is 7.80. The molecule has 24 atom stereocenters. The Morgan fingerprint density at radius 3 is 2.03 bits per heavy atom. The van der Waals surface area contributed by atoms with E-state index in [0.29, 0.717) is 12.8 Å². The molecule has 8 aliphatic rings. The summed E-state index contributed by atoms with van der Waals surface area (Å²) in [6.07, 6.45) is -16.1. The van der Waals surface area contributed by atoms with Crippen molar-refractivity contribution in [3.63, 3.8) is 0 Å². The van der Waals surface area contributed by atoms with Gasteiger partial charge in [0.2, 0.25) is 0 Å². The molecule has 3 saturated heterocycles. The molecule has 0 aromatic rings. The molecule has 0 aromatic carbocycles. The van der Waals surface area contributed by atoms with Gasteiger partial charge in [-0.25, -0.2) is 4.79 Å². The molecule has 11 N–H and O–H groups in total. The van der Waals surface area contributed by atoms with Crippen LogP contribution >= 0.6 is 0 Å². The maximum Gasteiger partial charge on any atom is 0.335 e. The van der Waals surface area contributed by atoms with E-state index >= 15 is 0 Å². The van der Waals surface area contributed by atoms with Gasteiger partial charge < -0.3 is 84.6 Å². The molecule has 0 radical (unpaired) electrons. The fourth-order valence-corrected chi connectivity index (χ4v) is 14.9. The van der Waals surface area contributed by atoms with Gasteiger partial charge in [-0.3, -0.25) is 0 Å². The number of aliphatic carboxylic acids is 1. The Kier molecular flexibility index (Phi) is 13.4. The number of carboxylic acid groups (broad SMARTS) is 1. The average Bonchev–Trinajstić information content (AvgIpc) is 3.24. The molecule has 22 unspecified atom stereocenters. The van der Waals surface area contributed by atoms with Crippen molar-refractivity contribution in [3.8, 4) is 0 Å². The SMILES string of the molecule is CC1(C)CC(O)C2(C)CC[C@@]3(C)C(=CCC4C5(C)CCC(OC6OC(C(=O)O)[C@H](O)C(O)C6OC6OCC(O)C(O)C6OC6OC(CO)C(O)C(O)C6O)C(C)(CO)C5CCC43C)C2C1.